The Labute approximate surface area is 117 Å². The molecule has 2 atom stereocenters. The molecule has 2 aliphatic carbocycles. The van der Waals surface area contributed by atoms with E-state index in [4.69, 9.17) is 5.73 Å². The second-order valence-corrected chi connectivity index (χ2v) is 6.27. The first-order valence-electron chi connectivity index (χ1n) is 7.81. The Hall–Kier alpha value is -0.860. The molecule has 19 heavy (non-hydrogen) atoms. The van der Waals surface area contributed by atoms with Crippen molar-refractivity contribution in [3.63, 3.8) is 0 Å². The summed E-state index contributed by atoms with van der Waals surface area (Å²) in [6.07, 6.45) is 7.96. The maximum atomic E-state index is 6.04. The minimum atomic E-state index is 0.577. The Morgan fingerprint density at radius 2 is 2.00 bits per heavy atom. The normalized spacial score (nSPS) is 24.9. The molecule has 0 heterocycles. The predicted octanol–water partition coefficient (Wildman–Crippen LogP) is 3.12. The second kappa shape index (κ2) is 5.64. The van der Waals surface area contributed by atoms with Gasteiger partial charge in [0.05, 0.1) is 0 Å². The van der Waals surface area contributed by atoms with Gasteiger partial charge in [0.25, 0.3) is 0 Å². The maximum absolute atomic E-state index is 6.04. The fraction of sp³-hybridized carbons (Fsp3) is 0.647. The summed E-state index contributed by atoms with van der Waals surface area (Å²) >= 11 is 0. The smallest absolute Gasteiger partial charge is 0.0351 e. The third kappa shape index (κ3) is 2.70. The summed E-state index contributed by atoms with van der Waals surface area (Å²) in [6.45, 7) is 0.805. The standard InChI is InChI=1S/C17H26N2/c1-19(17(12-18)14-10-11-14)16-9-5-3-7-13-6-2-4-8-15(13)16/h2,4,6,8,14,16-17H,3,5,7,9-12,18H2,1H3. The Balaban J connectivity index is 1.86. The quantitative estimate of drug-likeness (QED) is 0.841. The van der Waals surface area contributed by atoms with E-state index in [1.807, 2.05) is 0 Å². The zero-order valence-electron chi connectivity index (χ0n) is 12.0. The Kier molecular flexibility index (Phi) is 3.90. The minimum absolute atomic E-state index is 0.577. The molecule has 1 aromatic rings. The van der Waals surface area contributed by atoms with E-state index in [9.17, 15) is 0 Å². The third-order valence-corrected chi connectivity index (χ3v) is 5.01. The van der Waals surface area contributed by atoms with Gasteiger partial charge in [-0.25, -0.2) is 0 Å². The van der Waals surface area contributed by atoms with Gasteiger partial charge in [-0.05, 0) is 56.2 Å². The summed E-state index contributed by atoms with van der Waals surface area (Å²) in [5.74, 6) is 0.852. The van der Waals surface area contributed by atoms with E-state index in [2.05, 4.69) is 36.2 Å². The van der Waals surface area contributed by atoms with Gasteiger partial charge in [-0.2, -0.15) is 0 Å². The van der Waals surface area contributed by atoms with Crippen LogP contribution in [0.4, 0.5) is 0 Å². The van der Waals surface area contributed by atoms with Crippen LogP contribution in [0.3, 0.4) is 0 Å². The van der Waals surface area contributed by atoms with Gasteiger partial charge < -0.3 is 5.73 Å². The van der Waals surface area contributed by atoms with Crippen LogP contribution in [0, 0.1) is 5.92 Å². The highest BCUT2D eigenvalue weighted by molar-refractivity contribution is 5.31. The summed E-state index contributed by atoms with van der Waals surface area (Å²) in [6, 6.07) is 10.2. The number of nitrogens with zero attached hydrogens (tertiary/aromatic N) is 1. The van der Waals surface area contributed by atoms with Gasteiger partial charge in [0, 0.05) is 18.6 Å². The number of hydrogen-bond acceptors (Lipinski definition) is 2. The van der Waals surface area contributed by atoms with Crippen molar-refractivity contribution in [2.45, 2.75) is 50.6 Å². The van der Waals surface area contributed by atoms with Crippen LogP contribution in [0.1, 0.15) is 49.3 Å². The van der Waals surface area contributed by atoms with Crippen LogP contribution in [-0.2, 0) is 6.42 Å². The molecule has 1 aromatic carbocycles. The zero-order chi connectivity index (χ0) is 13.2. The van der Waals surface area contributed by atoms with Crippen LogP contribution < -0.4 is 5.73 Å². The summed E-state index contributed by atoms with van der Waals surface area (Å²) in [7, 11) is 2.29. The average molecular weight is 258 g/mol. The molecule has 2 heteroatoms. The third-order valence-electron chi connectivity index (χ3n) is 5.01. The summed E-state index contributed by atoms with van der Waals surface area (Å²) in [5, 5.41) is 0. The largest absolute Gasteiger partial charge is 0.329 e. The number of benzene rings is 1. The average Bonchev–Trinajstić information content (AvgIpc) is 3.25. The van der Waals surface area contributed by atoms with E-state index < -0.39 is 0 Å². The lowest BCUT2D eigenvalue weighted by atomic mass is 9.96. The number of aryl methyl sites for hydroxylation is 1. The lowest BCUT2D eigenvalue weighted by molar-refractivity contribution is 0.151. The van der Waals surface area contributed by atoms with Crippen molar-refractivity contribution in [3.05, 3.63) is 35.4 Å². The van der Waals surface area contributed by atoms with Crippen molar-refractivity contribution in [2.75, 3.05) is 13.6 Å². The van der Waals surface area contributed by atoms with E-state index in [1.165, 1.54) is 38.5 Å². The molecule has 0 spiro atoms. The van der Waals surface area contributed by atoms with E-state index in [0.29, 0.717) is 12.1 Å². The molecule has 0 radical (unpaired) electrons. The van der Waals surface area contributed by atoms with Gasteiger partial charge in [0.15, 0.2) is 0 Å². The summed E-state index contributed by atoms with van der Waals surface area (Å²) in [5.41, 5.74) is 9.15. The van der Waals surface area contributed by atoms with Crippen molar-refractivity contribution in [1.82, 2.24) is 4.90 Å². The van der Waals surface area contributed by atoms with Gasteiger partial charge in [0.1, 0.15) is 0 Å². The van der Waals surface area contributed by atoms with E-state index in [-0.39, 0.29) is 0 Å². The first-order chi connectivity index (χ1) is 9.31. The SMILES string of the molecule is CN(C1CCCCc2ccccc21)C(CN)C1CC1. The number of fused-ring (bicyclic) bond motifs is 1. The topological polar surface area (TPSA) is 29.3 Å². The van der Waals surface area contributed by atoms with E-state index >= 15 is 0 Å². The second-order valence-electron chi connectivity index (χ2n) is 6.27. The first-order valence-corrected chi connectivity index (χ1v) is 7.81. The molecule has 0 saturated heterocycles. The van der Waals surface area contributed by atoms with Crippen molar-refractivity contribution in [2.24, 2.45) is 11.7 Å². The van der Waals surface area contributed by atoms with Gasteiger partial charge in [0.2, 0.25) is 0 Å². The van der Waals surface area contributed by atoms with Crippen LogP contribution >= 0.6 is 0 Å². The fourth-order valence-electron chi connectivity index (χ4n) is 3.72. The maximum Gasteiger partial charge on any atom is 0.0351 e. The highest BCUT2D eigenvalue weighted by Gasteiger charge is 2.36. The molecule has 2 aliphatic rings. The Bertz CT molecular complexity index is 425. The lowest BCUT2D eigenvalue weighted by Gasteiger charge is -2.35. The number of nitrogens with two attached hydrogens (primary N) is 1. The van der Waals surface area contributed by atoms with Gasteiger partial charge in [-0.3, -0.25) is 4.90 Å². The van der Waals surface area contributed by atoms with Crippen molar-refractivity contribution in [3.8, 4) is 0 Å². The fourth-order valence-corrected chi connectivity index (χ4v) is 3.72. The Morgan fingerprint density at radius 1 is 1.21 bits per heavy atom. The molecule has 3 rings (SSSR count). The molecule has 0 aromatic heterocycles. The predicted molar refractivity (Wildman–Crippen MR) is 80.1 cm³/mol. The summed E-state index contributed by atoms with van der Waals surface area (Å²) < 4.78 is 0. The highest BCUT2D eigenvalue weighted by atomic mass is 15.2. The van der Waals surface area contributed by atoms with Crippen molar-refractivity contribution >= 4 is 0 Å². The minimum Gasteiger partial charge on any atom is -0.329 e. The van der Waals surface area contributed by atoms with Crippen LogP contribution in [0.5, 0.6) is 0 Å². The Morgan fingerprint density at radius 3 is 2.74 bits per heavy atom. The molecule has 0 bridgehead atoms. The van der Waals surface area contributed by atoms with Crippen LogP contribution in [0.15, 0.2) is 24.3 Å². The van der Waals surface area contributed by atoms with Gasteiger partial charge >= 0.3 is 0 Å². The molecule has 2 N–H and O–H groups in total. The molecule has 2 nitrogen and oxygen atoms in total. The molecule has 0 aliphatic heterocycles. The van der Waals surface area contributed by atoms with Gasteiger partial charge in [-0.1, -0.05) is 30.7 Å². The van der Waals surface area contributed by atoms with E-state index in [0.717, 1.165) is 12.5 Å². The molecule has 104 valence electrons. The molecule has 0 amide bonds. The zero-order valence-corrected chi connectivity index (χ0v) is 12.0. The number of rotatable bonds is 4. The van der Waals surface area contributed by atoms with Crippen LogP contribution in [-0.4, -0.2) is 24.5 Å². The van der Waals surface area contributed by atoms with E-state index in [1.54, 1.807) is 11.1 Å². The first kappa shape index (κ1) is 13.1. The highest BCUT2D eigenvalue weighted by Crippen LogP contribution is 2.40. The molecular weight excluding hydrogens is 232 g/mol. The van der Waals surface area contributed by atoms with Gasteiger partial charge in [-0.15, -0.1) is 0 Å². The molecule has 1 saturated carbocycles. The van der Waals surface area contributed by atoms with Crippen LogP contribution in [0.2, 0.25) is 0 Å². The molecular formula is C17H26N2. The van der Waals surface area contributed by atoms with Crippen molar-refractivity contribution < 1.29 is 0 Å². The van der Waals surface area contributed by atoms with Crippen molar-refractivity contribution in [1.29, 1.82) is 0 Å². The summed E-state index contributed by atoms with van der Waals surface area (Å²) in [4.78, 5) is 2.59. The lowest BCUT2D eigenvalue weighted by Crippen LogP contribution is -2.41. The monoisotopic (exact) mass is 258 g/mol. The number of hydrogen-bond donors (Lipinski definition) is 1. The molecule has 1 fully saturated rings. The van der Waals surface area contributed by atoms with Crippen LogP contribution in [0.25, 0.3) is 0 Å². The number of likely N-dealkylation sites (N-methyl/N-ethyl adjacent to an activating group) is 1. The molecule has 2 unspecified atom stereocenters.